The van der Waals surface area contributed by atoms with Crippen molar-refractivity contribution in [3.8, 4) is 6.07 Å². The normalized spacial score (nSPS) is 11.7. The van der Waals surface area contributed by atoms with Crippen molar-refractivity contribution in [2.45, 2.75) is 25.3 Å². The van der Waals surface area contributed by atoms with Gasteiger partial charge in [-0.3, -0.25) is 9.59 Å². The third-order valence-electron chi connectivity index (χ3n) is 1.33. The lowest BCUT2D eigenvalue weighted by Crippen LogP contribution is -2.30. The van der Waals surface area contributed by atoms with Gasteiger partial charge >= 0.3 is 5.97 Å². The fourth-order valence-electron chi connectivity index (χ4n) is 0.617. The van der Waals surface area contributed by atoms with E-state index in [1.54, 1.807) is 6.07 Å². The Kier molecular flexibility index (Phi) is 4.65. The van der Waals surface area contributed by atoms with Crippen LogP contribution < -0.4 is 5.73 Å². The van der Waals surface area contributed by atoms with Gasteiger partial charge in [0.15, 0.2) is 0 Å². The summed E-state index contributed by atoms with van der Waals surface area (Å²) in [6.07, 6.45) is -0.0246. The molecule has 5 heteroatoms. The highest BCUT2D eigenvalue weighted by Crippen LogP contribution is 1.97. The molecule has 66 valence electrons. The van der Waals surface area contributed by atoms with E-state index in [1.807, 2.05) is 0 Å². The molecular weight excluding hydrogens is 160 g/mol. The second-order valence-electron chi connectivity index (χ2n) is 2.36. The first-order chi connectivity index (χ1) is 5.57. The summed E-state index contributed by atoms with van der Waals surface area (Å²) in [4.78, 5) is 20.9. The summed E-state index contributed by atoms with van der Waals surface area (Å²) in [6.45, 7) is 0. The molecule has 3 N–H and O–H groups in total. The van der Waals surface area contributed by atoms with Crippen molar-refractivity contribution in [2.75, 3.05) is 0 Å². The molecule has 0 radical (unpaired) electrons. The summed E-state index contributed by atoms with van der Waals surface area (Å²) in [5, 5.41) is 16.4. The van der Waals surface area contributed by atoms with Crippen LogP contribution in [0, 0.1) is 11.3 Å². The quantitative estimate of drug-likeness (QED) is 0.587. The molecule has 1 unspecified atom stereocenters. The van der Waals surface area contributed by atoms with Crippen molar-refractivity contribution in [1.29, 1.82) is 5.26 Å². The second-order valence-corrected chi connectivity index (χ2v) is 2.36. The van der Waals surface area contributed by atoms with E-state index in [9.17, 15) is 9.59 Å². The predicted molar refractivity (Wildman–Crippen MR) is 40.1 cm³/mol. The van der Waals surface area contributed by atoms with Crippen molar-refractivity contribution >= 4 is 11.8 Å². The fourth-order valence-corrected chi connectivity index (χ4v) is 0.617. The maximum absolute atomic E-state index is 10.7. The van der Waals surface area contributed by atoms with E-state index in [1.165, 1.54) is 0 Å². The van der Waals surface area contributed by atoms with Gasteiger partial charge in [-0.15, -0.1) is 0 Å². The Hall–Kier alpha value is -1.41. The number of nitriles is 1. The molecule has 0 aliphatic heterocycles. The highest BCUT2D eigenvalue weighted by molar-refractivity contribution is 5.81. The van der Waals surface area contributed by atoms with Gasteiger partial charge in [-0.2, -0.15) is 5.26 Å². The van der Waals surface area contributed by atoms with Gasteiger partial charge in [0, 0.05) is 6.42 Å². The number of hydrogen-bond donors (Lipinski definition) is 2. The summed E-state index contributed by atoms with van der Waals surface area (Å²) >= 11 is 0. The van der Waals surface area contributed by atoms with E-state index in [4.69, 9.17) is 16.1 Å². The molecule has 0 heterocycles. The molecule has 0 aliphatic carbocycles. The first kappa shape index (κ1) is 10.6. The lowest BCUT2D eigenvalue weighted by molar-refractivity contribution is -0.138. The Morgan fingerprint density at radius 1 is 1.58 bits per heavy atom. The second kappa shape index (κ2) is 5.27. The molecule has 0 aromatic rings. The zero-order chi connectivity index (χ0) is 9.56. The molecule has 0 spiro atoms. The minimum Gasteiger partial charge on any atom is -0.480 e. The number of carboxylic acids is 1. The molecular formula is C7H10N2O3. The molecule has 0 fully saturated rings. The average Bonchev–Trinajstić information content (AvgIpc) is 2.00. The molecule has 0 rings (SSSR count). The van der Waals surface area contributed by atoms with Crippen molar-refractivity contribution in [1.82, 2.24) is 0 Å². The minimum atomic E-state index is -1.13. The third-order valence-corrected chi connectivity index (χ3v) is 1.33. The van der Waals surface area contributed by atoms with Crippen LogP contribution in [0.2, 0.25) is 0 Å². The number of nitrogens with two attached hydrogens (primary N) is 1. The Bertz CT molecular complexity index is 219. The molecule has 12 heavy (non-hydrogen) atoms. The Balaban J connectivity index is 3.63. The van der Waals surface area contributed by atoms with E-state index >= 15 is 0 Å². The van der Waals surface area contributed by atoms with E-state index in [-0.39, 0.29) is 25.0 Å². The topological polar surface area (TPSA) is 104 Å². The third kappa shape index (κ3) is 4.41. The molecule has 0 amide bonds. The number of rotatable bonds is 5. The zero-order valence-corrected chi connectivity index (χ0v) is 6.49. The van der Waals surface area contributed by atoms with Crippen molar-refractivity contribution in [3.05, 3.63) is 0 Å². The van der Waals surface area contributed by atoms with Gasteiger partial charge in [0.2, 0.25) is 0 Å². The summed E-state index contributed by atoms with van der Waals surface area (Å²) in [5.41, 5.74) is 5.13. The molecule has 0 saturated carbocycles. The fraction of sp³-hybridized carbons (Fsp3) is 0.571. The van der Waals surface area contributed by atoms with Crippen LogP contribution >= 0.6 is 0 Å². The van der Waals surface area contributed by atoms with Gasteiger partial charge in [0.05, 0.1) is 12.5 Å². The maximum Gasteiger partial charge on any atom is 0.320 e. The first-order valence-electron chi connectivity index (χ1n) is 3.45. The van der Waals surface area contributed by atoms with Crippen molar-refractivity contribution in [2.24, 2.45) is 5.73 Å². The highest BCUT2D eigenvalue weighted by atomic mass is 16.4. The molecule has 1 atom stereocenters. The Morgan fingerprint density at radius 3 is 2.58 bits per heavy atom. The SMILES string of the molecule is N#CCC(=O)CCC(N)C(=O)O. The summed E-state index contributed by atoms with van der Waals surface area (Å²) in [5.74, 6) is -1.39. The molecule has 5 nitrogen and oxygen atoms in total. The van der Waals surface area contributed by atoms with Crippen LogP contribution in [-0.2, 0) is 9.59 Å². The molecule has 0 saturated heterocycles. The van der Waals surface area contributed by atoms with E-state index in [0.717, 1.165) is 0 Å². The lowest BCUT2D eigenvalue weighted by Gasteiger charge is -2.02. The minimum absolute atomic E-state index is 0.0566. The summed E-state index contributed by atoms with van der Waals surface area (Å²) in [7, 11) is 0. The molecule has 0 aromatic heterocycles. The zero-order valence-electron chi connectivity index (χ0n) is 6.49. The number of nitrogens with zero attached hydrogens (tertiary/aromatic N) is 1. The van der Waals surface area contributed by atoms with E-state index < -0.39 is 12.0 Å². The van der Waals surface area contributed by atoms with Gasteiger partial charge in [0.1, 0.15) is 11.8 Å². The molecule has 0 aliphatic rings. The molecule has 0 aromatic carbocycles. The average molecular weight is 170 g/mol. The highest BCUT2D eigenvalue weighted by Gasteiger charge is 2.12. The van der Waals surface area contributed by atoms with Gasteiger partial charge in [-0.05, 0) is 6.42 Å². The van der Waals surface area contributed by atoms with Crippen LogP contribution in [0.25, 0.3) is 0 Å². The van der Waals surface area contributed by atoms with E-state index in [0.29, 0.717) is 0 Å². The Labute approximate surface area is 69.8 Å². The van der Waals surface area contributed by atoms with Crippen LogP contribution in [0.3, 0.4) is 0 Å². The maximum atomic E-state index is 10.7. The lowest BCUT2D eigenvalue weighted by atomic mass is 10.1. The van der Waals surface area contributed by atoms with Crippen LogP contribution in [-0.4, -0.2) is 22.9 Å². The largest absolute Gasteiger partial charge is 0.480 e. The summed E-state index contributed by atoms with van der Waals surface area (Å²) < 4.78 is 0. The monoisotopic (exact) mass is 170 g/mol. The van der Waals surface area contributed by atoms with E-state index in [2.05, 4.69) is 0 Å². The number of aliphatic carboxylic acids is 1. The number of Topliss-reactive ketones (excluding diaryl/α,β-unsaturated/α-hetero) is 1. The smallest absolute Gasteiger partial charge is 0.320 e. The standard InChI is InChI=1S/C7H10N2O3/c8-4-3-5(10)1-2-6(9)7(11)12/h6H,1-3,9H2,(H,11,12). The van der Waals surface area contributed by atoms with Crippen molar-refractivity contribution in [3.63, 3.8) is 0 Å². The number of carboxylic acid groups (broad SMARTS) is 1. The van der Waals surface area contributed by atoms with Crippen LogP contribution in [0.15, 0.2) is 0 Å². The number of ketones is 1. The number of carbonyl (C=O) groups is 2. The first-order valence-corrected chi connectivity index (χ1v) is 3.45. The van der Waals surface area contributed by atoms with Crippen molar-refractivity contribution < 1.29 is 14.7 Å². The van der Waals surface area contributed by atoms with Gasteiger partial charge in [-0.1, -0.05) is 0 Å². The van der Waals surface area contributed by atoms with Gasteiger partial charge in [0.25, 0.3) is 0 Å². The predicted octanol–water partition coefficient (Wildman–Crippen LogP) is -0.339. The van der Waals surface area contributed by atoms with Crippen LogP contribution in [0.4, 0.5) is 0 Å². The number of carbonyl (C=O) groups excluding carboxylic acids is 1. The van der Waals surface area contributed by atoms with Gasteiger partial charge < -0.3 is 10.8 Å². The Morgan fingerprint density at radius 2 is 2.17 bits per heavy atom. The van der Waals surface area contributed by atoms with Gasteiger partial charge in [-0.25, -0.2) is 0 Å². The molecule has 0 bridgehead atoms. The number of hydrogen-bond acceptors (Lipinski definition) is 4. The van der Waals surface area contributed by atoms with Crippen LogP contribution in [0.1, 0.15) is 19.3 Å². The summed E-state index contributed by atoms with van der Waals surface area (Å²) in [6, 6.07) is 0.676. The van der Waals surface area contributed by atoms with Crippen LogP contribution in [0.5, 0.6) is 0 Å².